The van der Waals surface area contributed by atoms with Crippen LogP contribution in [-0.2, 0) is 20.8 Å². The molecule has 13 heteroatoms. The Hall–Kier alpha value is -4.16. The van der Waals surface area contributed by atoms with Gasteiger partial charge in [-0.25, -0.2) is 15.0 Å². The van der Waals surface area contributed by atoms with Crippen LogP contribution in [0, 0.1) is 6.92 Å². The fourth-order valence-corrected chi connectivity index (χ4v) is 4.92. The van der Waals surface area contributed by atoms with E-state index in [-0.39, 0.29) is 36.5 Å². The highest BCUT2D eigenvalue weighted by atomic mass is 35.5. The number of nitrogens with one attached hydrogen (secondary N) is 3. The van der Waals surface area contributed by atoms with Crippen LogP contribution in [0.3, 0.4) is 0 Å². The van der Waals surface area contributed by atoms with Crippen molar-refractivity contribution in [3.8, 4) is 0 Å². The fourth-order valence-electron chi connectivity index (χ4n) is 4.09. The molecule has 1 atom stereocenters. The Bertz CT molecular complexity index is 1600. The van der Waals surface area contributed by atoms with Gasteiger partial charge >= 0.3 is 0 Å². The van der Waals surface area contributed by atoms with E-state index in [1.807, 2.05) is 0 Å². The molecule has 1 aliphatic rings. The van der Waals surface area contributed by atoms with E-state index in [9.17, 15) is 19.2 Å². The molecule has 3 amide bonds. The van der Waals surface area contributed by atoms with Crippen molar-refractivity contribution in [3.63, 3.8) is 0 Å². The summed E-state index contributed by atoms with van der Waals surface area (Å²) in [6, 6.07) is 7.48. The minimum atomic E-state index is -0.823. The van der Waals surface area contributed by atoms with Crippen molar-refractivity contribution in [2.45, 2.75) is 32.2 Å². The molecular weight excluding hydrogens is 518 g/mol. The van der Waals surface area contributed by atoms with Crippen LogP contribution in [0.5, 0.6) is 0 Å². The molecule has 1 saturated heterocycles. The highest BCUT2D eigenvalue weighted by Crippen LogP contribution is 2.24. The number of aryl methyl sites for hydroxylation is 1. The number of amides is 3. The van der Waals surface area contributed by atoms with E-state index in [4.69, 9.17) is 11.6 Å². The van der Waals surface area contributed by atoms with E-state index in [0.29, 0.717) is 38.7 Å². The Kier molecular flexibility index (Phi) is 6.68. The maximum absolute atomic E-state index is 13.3. The Labute approximate surface area is 218 Å². The van der Waals surface area contributed by atoms with Crippen LogP contribution in [0.4, 0.5) is 16.6 Å². The number of aromatic nitrogens is 4. The molecule has 5 rings (SSSR count). The van der Waals surface area contributed by atoms with Crippen LogP contribution < -0.4 is 21.5 Å². The topological polar surface area (TPSA) is 148 Å². The van der Waals surface area contributed by atoms with Crippen LogP contribution in [0.2, 0.25) is 5.02 Å². The van der Waals surface area contributed by atoms with Gasteiger partial charge in [0.25, 0.3) is 5.56 Å². The third-order valence-corrected chi connectivity index (χ3v) is 6.79. The monoisotopic (exact) mass is 537 g/mol. The SMILES string of the molecule is Cc1nc2c(NC(=O)Cc3csc(Nc4ccc(Cl)cn4)n3)cccc2c(=O)n1C1CCC(=O)NC1=O. The van der Waals surface area contributed by atoms with Crippen LogP contribution >= 0.6 is 22.9 Å². The minimum Gasteiger partial charge on any atom is -0.324 e. The number of benzene rings is 1. The molecule has 0 saturated carbocycles. The van der Waals surface area contributed by atoms with Gasteiger partial charge in [-0.3, -0.25) is 29.1 Å². The van der Waals surface area contributed by atoms with Gasteiger partial charge in [-0.1, -0.05) is 17.7 Å². The Balaban J connectivity index is 1.34. The van der Waals surface area contributed by atoms with Crippen molar-refractivity contribution < 1.29 is 14.4 Å². The number of piperidine rings is 1. The first-order valence-electron chi connectivity index (χ1n) is 11.3. The highest BCUT2D eigenvalue weighted by Gasteiger charge is 2.30. The summed E-state index contributed by atoms with van der Waals surface area (Å²) in [4.78, 5) is 63.1. The molecule has 188 valence electrons. The number of hydrogen-bond acceptors (Lipinski definition) is 9. The molecule has 1 unspecified atom stereocenters. The Morgan fingerprint density at radius 1 is 1.22 bits per heavy atom. The zero-order valence-corrected chi connectivity index (χ0v) is 21.0. The number of imide groups is 1. The lowest BCUT2D eigenvalue weighted by Crippen LogP contribution is -2.45. The van der Waals surface area contributed by atoms with Gasteiger partial charge in [0.05, 0.1) is 28.2 Å². The summed E-state index contributed by atoms with van der Waals surface area (Å²) in [6.45, 7) is 1.61. The van der Waals surface area contributed by atoms with E-state index in [1.54, 1.807) is 42.6 Å². The summed E-state index contributed by atoms with van der Waals surface area (Å²) >= 11 is 7.19. The van der Waals surface area contributed by atoms with Gasteiger partial charge < -0.3 is 10.6 Å². The Morgan fingerprint density at radius 3 is 2.81 bits per heavy atom. The van der Waals surface area contributed by atoms with Gasteiger partial charge in [-0.05, 0) is 37.6 Å². The highest BCUT2D eigenvalue weighted by molar-refractivity contribution is 7.13. The van der Waals surface area contributed by atoms with Gasteiger partial charge in [0.1, 0.15) is 23.2 Å². The molecule has 0 radical (unpaired) electrons. The molecule has 0 aliphatic carbocycles. The van der Waals surface area contributed by atoms with Crippen molar-refractivity contribution in [2.24, 2.45) is 0 Å². The van der Waals surface area contributed by atoms with Gasteiger partial charge in [0.2, 0.25) is 17.7 Å². The lowest BCUT2D eigenvalue weighted by Gasteiger charge is -2.24. The standard InChI is InChI=1S/C24H20ClN7O4S/c1-12-27-21-15(23(36)32(12)17-6-8-19(33)31-22(17)35)3-2-4-16(21)29-20(34)9-14-11-37-24(28-14)30-18-7-5-13(25)10-26-18/h2-5,7,10-11,17H,6,8-9H2,1H3,(H,29,34)(H,26,28,30)(H,31,33,35). The molecule has 0 spiro atoms. The number of carbonyl (C=O) groups is 3. The molecule has 37 heavy (non-hydrogen) atoms. The maximum Gasteiger partial charge on any atom is 0.262 e. The first kappa shape index (κ1) is 24.5. The third-order valence-electron chi connectivity index (χ3n) is 5.76. The van der Waals surface area contributed by atoms with Crippen LogP contribution in [0.15, 0.2) is 46.7 Å². The number of anilines is 3. The van der Waals surface area contributed by atoms with E-state index >= 15 is 0 Å². The normalized spacial score (nSPS) is 15.5. The van der Waals surface area contributed by atoms with Crippen LogP contribution in [0.25, 0.3) is 10.9 Å². The number of rotatable bonds is 6. The van der Waals surface area contributed by atoms with E-state index in [0.717, 1.165) is 0 Å². The van der Waals surface area contributed by atoms with Crippen molar-refractivity contribution in [3.05, 3.63) is 68.8 Å². The summed E-state index contributed by atoms with van der Waals surface area (Å²) < 4.78 is 1.30. The zero-order valence-electron chi connectivity index (χ0n) is 19.4. The van der Waals surface area contributed by atoms with E-state index in [2.05, 4.69) is 30.9 Å². The molecule has 1 aliphatic heterocycles. The van der Waals surface area contributed by atoms with E-state index < -0.39 is 17.5 Å². The average molecular weight is 538 g/mol. The van der Waals surface area contributed by atoms with Crippen molar-refractivity contribution >= 4 is 68.2 Å². The molecule has 3 N–H and O–H groups in total. The molecule has 1 aromatic carbocycles. The largest absolute Gasteiger partial charge is 0.324 e. The second-order valence-electron chi connectivity index (χ2n) is 8.36. The number of para-hydroxylation sites is 1. The molecule has 11 nitrogen and oxygen atoms in total. The first-order valence-corrected chi connectivity index (χ1v) is 12.5. The number of thiazole rings is 1. The molecular formula is C24H20ClN7O4S. The lowest BCUT2D eigenvalue weighted by atomic mass is 10.1. The van der Waals surface area contributed by atoms with Crippen molar-refractivity contribution in [2.75, 3.05) is 10.6 Å². The molecule has 4 heterocycles. The number of fused-ring (bicyclic) bond motifs is 1. The second-order valence-corrected chi connectivity index (χ2v) is 9.65. The summed E-state index contributed by atoms with van der Waals surface area (Å²) in [5.74, 6) is -0.344. The summed E-state index contributed by atoms with van der Waals surface area (Å²) in [7, 11) is 0. The number of carbonyl (C=O) groups excluding carboxylic acids is 3. The quantitative estimate of drug-likeness (QED) is 0.318. The predicted molar refractivity (Wildman–Crippen MR) is 139 cm³/mol. The van der Waals surface area contributed by atoms with Gasteiger partial charge in [0, 0.05) is 18.0 Å². The second kappa shape index (κ2) is 10.1. The first-order chi connectivity index (χ1) is 17.8. The summed E-state index contributed by atoms with van der Waals surface area (Å²) in [5.41, 5.74) is 0.830. The lowest BCUT2D eigenvalue weighted by molar-refractivity contribution is -0.135. The number of hydrogen-bond donors (Lipinski definition) is 3. The van der Waals surface area contributed by atoms with Crippen molar-refractivity contribution in [1.29, 1.82) is 0 Å². The number of halogens is 1. The average Bonchev–Trinajstić information content (AvgIpc) is 3.29. The predicted octanol–water partition coefficient (Wildman–Crippen LogP) is 3.11. The smallest absolute Gasteiger partial charge is 0.262 e. The van der Waals surface area contributed by atoms with Crippen LogP contribution in [0.1, 0.15) is 30.4 Å². The fraction of sp³-hybridized carbons (Fsp3) is 0.208. The zero-order chi connectivity index (χ0) is 26.1. The molecule has 0 bridgehead atoms. The van der Waals surface area contributed by atoms with E-state index in [1.165, 1.54) is 22.1 Å². The Morgan fingerprint density at radius 2 is 2.05 bits per heavy atom. The molecule has 3 aromatic heterocycles. The number of nitrogens with zero attached hydrogens (tertiary/aromatic N) is 4. The third kappa shape index (κ3) is 5.20. The van der Waals surface area contributed by atoms with Crippen LogP contribution in [-0.4, -0.2) is 37.2 Å². The maximum atomic E-state index is 13.3. The summed E-state index contributed by atoms with van der Waals surface area (Å²) in [6.07, 6.45) is 1.88. The number of pyridine rings is 1. The summed E-state index contributed by atoms with van der Waals surface area (Å²) in [5, 5.41) is 11.3. The molecule has 1 fully saturated rings. The molecule has 4 aromatic rings. The van der Waals surface area contributed by atoms with Gasteiger partial charge in [0.15, 0.2) is 5.13 Å². The minimum absolute atomic E-state index is 0.00886. The van der Waals surface area contributed by atoms with Gasteiger partial charge in [-0.2, -0.15) is 0 Å². The van der Waals surface area contributed by atoms with Crippen molar-refractivity contribution in [1.82, 2.24) is 24.8 Å². The van der Waals surface area contributed by atoms with Gasteiger partial charge in [-0.15, -0.1) is 11.3 Å².